The Morgan fingerprint density at radius 2 is 1.65 bits per heavy atom. The van der Waals surface area contributed by atoms with Gasteiger partial charge in [0.2, 0.25) is 0 Å². The summed E-state index contributed by atoms with van der Waals surface area (Å²) in [6.07, 6.45) is 1.48. The molecule has 0 spiro atoms. The van der Waals surface area contributed by atoms with Crippen molar-refractivity contribution in [3.8, 4) is 0 Å². The fourth-order valence-corrected chi connectivity index (χ4v) is 1.92. The molecule has 0 amide bonds. The van der Waals surface area contributed by atoms with E-state index in [1.54, 1.807) is 24.3 Å². The predicted molar refractivity (Wildman–Crippen MR) is 78.3 cm³/mol. The molecule has 1 N–H and O–H groups in total. The Hall–Kier alpha value is -2.95. The van der Waals surface area contributed by atoms with E-state index in [4.69, 9.17) is 0 Å². The molecule has 0 unspecified atom stereocenters. The number of hydrogen-bond acceptors (Lipinski definition) is 3. The van der Waals surface area contributed by atoms with Crippen LogP contribution in [-0.4, -0.2) is 15.9 Å². The number of nitrogens with one attached hydrogen (secondary N) is 1. The highest BCUT2D eigenvalue weighted by Gasteiger charge is 2.05. The van der Waals surface area contributed by atoms with E-state index in [1.807, 2.05) is 30.3 Å². The average molecular weight is 265 g/mol. The molecule has 0 aliphatic heterocycles. The molecule has 0 saturated carbocycles. The number of hydrogen-bond donors (Lipinski definition) is 1. The number of aromatic amines is 1. The lowest BCUT2D eigenvalue weighted by molar-refractivity contribution is 0.771. The van der Waals surface area contributed by atoms with Crippen LogP contribution in [0.5, 0.6) is 0 Å². The number of benzene rings is 2. The van der Waals surface area contributed by atoms with E-state index in [2.05, 4.69) is 10.1 Å². The molecule has 5 heteroatoms. The van der Waals surface area contributed by atoms with E-state index in [1.165, 1.54) is 6.21 Å². The molecule has 5 nitrogen and oxygen atoms in total. The van der Waals surface area contributed by atoms with Crippen LogP contribution < -0.4 is 11.2 Å². The zero-order valence-electron chi connectivity index (χ0n) is 10.5. The maximum absolute atomic E-state index is 12.2. The monoisotopic (exact) mass is 265 g/mol. The first-order valence-electron chi connectivity index (χ1n) is 6.09. The summed E-state index contributed by atoms with van der Waals surface area (Å²) in [5.74, 6) is 0. The van der Waals surface area contributed by atoms with Crippen molar-refractivity contribution in [2.75, 3.05) is 0 Å². The van der Waals surface area contributed by atoms with Gasteiger partial charge in [-0.3, -0.25) is 4.79 Å². The molecule has 1 heterocycles. The number of para-hydroxylation sites is 1. The molecule has 20 heavy (non-hydrogen) atoms. The lowest BCUT2D eigenvalue weighted by atomic mass is 10.2. The summed E-state index contributed by atoms with van der Waals surface area (Å²) in [6.45, 7) is 0. The third kappa shape index (κ3) is 2.16. The minimum absolute atomic E-state index is 0.428. The zero-order chi connectivity index (χ0) is 13.9. The van der Waals surface area contributed by atoms with Gasteiger partial charge in [0.25, 0.3) is 5.56 Å². The molecule has 2 aromatic carbocycles. The van der Waals surface area contributed by atoms with Gasteiger partial charge in [-0.05, 0) is 17.7 Å². The van der Waals surface area contributed by atoms with Crippen LogP contribution in [0.2, 0.25) is 0 Å². The van der Waals surface area contributed by atoms with E-state index in [-0.39, 0.29) is 0 Å². The second-order valence-corrected chi connectivity index (χ2v) is 4.25. The van der Waals surface area contributed by atoms with Gasteiger partial charge in [-0.25, -0.2) is 4.79 Å². The van der Waals surface area contributed by atoms with Crippen molar-refractivity contribution in [2.45, 2.75) is 0 Å². The van der Waals surface area contributed by atoms with Crippen molar-refractivity contribution in [1.82, 2.24) is 9.66 Å². The Morgan fingerprint density at radius 3 is 2.45 bits per heavy atom. The minimum atomic E-state index is -0.555. The van der Waals surface area contributed by atoms with E-state index >= 15 is 0 Å². The van der Waals surface area contributed by atoms with Crippen molar-refractivity contribution in [2.24, 2.45) is 5.10 Å². The van der Waals surface area contributed by atoms with Gasteiger partial charge >= 0.3 is 5.69 Å². The largest absolute Gasteiger partial charge is 0.349 e. The van der Waals surface area contributed by atoms with Crippen LogP contribution in [0.15, 0.2) is 69.3 Å². The summed E-state index contributed by atoms with van der Waals surface area (Å²) < 4.78 is 0.829. The van der Waals surface area contributed by atoms with Crippen molar-refractivity contribution >= 4 is 17.1 Å². The smallest absolute Gasteiger partial charge is 0.305 e. The molecule has 98 valence electrons. The number of aromatic nitrogens is 2. The van der Waals surface area contributed by atoms with Crippen LogP contribution in [-0.2, 0) is 0 Å². The fraction of sp³-hybridized carbons (Fsp3) is 0. The van der Waals surface area contributed by atoms with Crippen LogP contribution in [0.3, 0.4) is 0 Å². The second kappa shape index (κ2) is 4.97. The van der Waals surface area contributed by atoms with E-state index < -0.39 is 11.2 Å². The summed E-state index contributed by atoms with van der Waals surface area (Å²) in [4.78, 5) is 26.7. The number of rotatable bonds is 2. The summed E-state index contributed by atoms with van der Waals surface area (Å²) in [5.41, 5.74) is 0.332. The van der Waals surface area contributed by atoms with Gasteiger partial charge in [0.05, 0.1) is 17.1 Å². The first-order valence-corrected chi connectivity index (χ1v) is 6.09. The highest BCUT2D eigenvalue weighted by molar-refractivity contribution is 5.80. The Bertz CT molecular complexity index is 892. The SMILES string of the molecule is O=c1[nH]c2ccccc2c(=O)n1N=Cc1ccccc1. The van der Waals surface area contributed by atoms with Crippen LogP contribution in [0.4, 0.5) is 0 Å². The molecule has 0 atom stereocenters. The standard InChI is InChI=1S/C15H11N3O2/c19-14-12-8-4-5-9-13(12)17-15(20)18(14)16-10-11-6-2-1-3-7-11/h1-10H,(H,17,20). The highest BCUT2D eigenvalue weighted by atomic mass is 16.2. The van der Waals surface area contributed by atoms with Gasteiger partial charge in [0, 0.05) is 0 Å². The minimum Gasteiger partial charge on any atom is -0.305 e. The molecule has 0 aliphatic rings. The lowest BCUT2D eigenvalue weighted by Gasteiger charge is -2.00. The molecule has 1 aromatic heterocycles. The molecule has 3 rings (SSSR count). The Morgan fingerprint density at radius 1 is 0.950 bits per heavy atom. The zero-order valence-corrected chi connectivity index (χ0v) is 10.5. The number of fused-ring (bicyclic) bond motifs is 1. The molecule has 0 bridgehead atoms. The molecule has 3 aromatic rings. The molecule has 0 saturated heterocycles. The summed E-state index contributed by atoms with van der Waals surface area (Å²) in [6, 6.07) is 16.1. The van der Waals surface area contributed by atoms with Gasteiger partial charge in [0.15, 0.2) is 0 Å². The first-order chi connectivity index (χ1) is 9.75. The molecule has 0 fully saturated rings. The fourth-order valence-electron chi connectivity index (χ4n) is 1.92. The predicted octanol–water partition coefficient (Wildman–Crippen LogP) is 1.57. The average Bonchev–Trinajstić information content (AvgIpc) is 2.48. The molecular formula is C15H11N3O2. The summed E-state index contributed by atoms with van der Waals surface area (Å²) in [5, 5.41) is 4.39. The van der Waals surface area contributed by atoms with E-state index in [0.717, 1.165) is 10.2 Å². The van der Waals surface area contributed by atoms with E-state index in [9.17, 15) is 9.59 Å². The second-order valence-electron chi connectivity index (χ2n) is 4.25. The first kappa shape index (κ1) is 12.1. The maximum Gasteiger partial charge on any atom is 0.349 e. The van der Waals surface area contributed by atoms with Gasteiger partial charge in [-0.2, -0.15) is 5.10 Å². The van der Waals surface area contributed by atoms with Gasteiger partial charge in [-0.15, -0.1) is 4.68 Å². The lowest BCUT2D eigenvalue weighted by Crippen LogP contribution is -2.32. The van der Waals surface area contributed by atoms with Crippen LogP contribution >= 0.6 is 0 Å². The Kier molecular flexibility index (Phi) is 3.01. The van der Waals surface area contributed by atoms with Crippen LogP contribution in [0, 0.1) is 0 Å². The van der Waals surface area contributed by atoms with Gasteiger partial charge in [-0.1, -0.05) is 42.5 Å². The number of H-pyrrole nitrogens is 1. The molecule has 0 aliphatic carbocycles. The normalized spacial score (nSPS) is 11.2. The third-order valence-corrected chi connectivity index (χ3v) is 2.91. The van der Waals surface area contributed by atoms with Crippen molar-refractivity contribution in [3.05, 3.63) is 81.0 Å². The van der Waals surface area contributed by atoms with Crippen molar-refractivity contribution in [3.63, 3.8) is 0 Å². The number of nitrogens with zero attached hydrogens (tertiary/aromatic N) is 2. The maximum atomic E-state index is 12.2. The molecular weight excluding hydrogens is 254 g/mol. The topological polar surface area (TPSA) is 67.2 Å². The Balaban J connectivity index is 2.15. The van der Waals surface area contributed by atoms with Gasteiger partial charge in [0.1, 0.15) is 0 Å². The third-order valence-electron chi connectivity index (χ3n) is 2.91. The summed E-state index contributed by atoms with van der Waals surface area (Å²) >= 11 is 0. The summed E-state index contributed by atoms with van der Waals surface area (Å²) in [7, 11) is 0. The van der Waals surface area contributed by atoms with Crippen molar-refractivity contribution in [1.29, 1.82) is 0 Å². The highest BCUT2D eigenvalue weighted by Crippen LogP contribution is 2.02. The molecule has 0 radical (unpaired) electrons. The van der Waals surface area contributed by atoms with E-state index in [0.29, 0.717) is 10.9 Å². The van der Waals surface area contributed by atoms with Gasteiger partial charge < -0.3 is 4.98 Å². The Labute approximate surface area is 113 Å². The quantitative estimate of drug-likeness (QED) is 0.715. The van der Waals surface area contributed by atoms with Crippen molar-refractivity contribution < 1.29 is 0 Å². The van der Waals surface area contributed by atoms with Crippen LogP contribution in [0.25, 0.3) is 10.9 Å². The van der Waals surface area contributed by atoms with Crippen LogP contribution in [0.1, 0.15) is 5.56 Å².